The van der Waals surface area contributed by atoms with Crippen molar-refractivity contribution in [1.82, 2.24) is 14.8 Å². The van der Waals surface area contributed by atoms with Gasteiger partial charge in [-0.05, 0) is 12.1 Å². The van der Waals surface area contributed by atoms with Gasteiger partial charge in [0, 0.05) is 11.6 Å². The van der Waals surface area contributed by atoms with E-state index in [-0.39, 0.29) is 0 Å². The van der Waals surface area contributed by atoms with Crippen molar-refractivity contribution in [1.29, 1.82) is 0 Å². The van der Waals surface area contributed by atoms with Gasteiger partial charge < -0.3 is 4.74 Å². The number of hydrogen-bond donors (Lipinski definition) is 0. The van der Waals surface area contributed by atoms with E-state index < -0.39 is 0 Å². The van der Waals surface area contributed by atoms with Crippen molar-refractivity contribution in [2.45, 2.75) is 0 Å². The first kappa shape index (κ1) is 11.5. The molecule has 0 unspecified atom stereocenters. The largest absolute Gasteiger partial charge is 0.497 e. The highest BCUT2D eigenvalue weighted by atomic mass is 16.5. The van der Waals surface area contributed by atoms with Crippen molar-refractivity contribution in [2.24, 2.45) is 0 Å². The third-order valence-corrected chi connectivity index (χ3v) is 2.84. The molecule has 0 aliphatic carbocycles. The third kappa shape index (κ3) is 2.33. The summed E-state index contributed by atoms with van der Waals surface area (Å²) in [5.74, 6) is 1.51. The Morgan fingerprint density at radius 3 is 2.63 bits per heavy atom. The standard InChI is InChI=1S/C15H13N3O/c1-19-14-9-5-8-13(10-14)18-11-16-15(17-18)12-6-3-2-4-7-12/h2-11H,1H3. The van der Waals surface area contributed by atoms with Crippen LogP contribution in [0.25, 0.3) is 17.1 Å². The van der Waals surface area contributed by atoms with Crippen LogP contribution in [0.3, 0.4) is 0 Å². The summed E-state index contributed by atoms with van der Waals surface area (Å²) < 4.78 is 6.95. The zero-order chi connectivity index (χ0) is 13.1. The topological polar surface area (TPSA) is 39.9 Å². The molecule has 0 atom stereocenters. The molecule has 1 aromatic heterocycles. The molecule has 19 heavy (non-hydrogen) atoms. The Kier molecular flexibility index (Phi) is 2.98. The number of nitrogens with zero attached hydrogens (tertiary/aromatic N) is 3. The van der Waals surface area contributed by atoms with Crippen molar-refractivity contribution < 1.29 is 4.74 Å². The number of methoxy groups -OCH3 is 1. The molecular weight excluding hydrogens is 238 g/mol. The van der Waals surface area contributed by atoms with Gasteiger partial charge in [0.05, 0.1) is 12.8 Å². The predicted molar refractivity (Wildman–Crippen MR) is 73.3 cm³/mol. The lowest BCUT2D eigenvalue weighted by Crippen LogP contribution is -1.95. The summed E-state index contributed by atoms with van der Waals surface area (Å²) in [6.45, 7) is 0. The number of rotatable bonds is 3. The SMILES string of the molecule is COc1cccc(-n2cnc(-c3ccccc3)n2)c1. The predicted octanol–water partition coefficient (Wildman–Crippen LogP) is 2.94. The fourth-order valence-electron chi connectivity index (χ4n) is 1.86. The van der Waals surface area contributed by atoms with Gasteiger partial charge >= 0.3 is 0 Å². The summed E-state index contributed by atoms with van der Waals surface area (Å²) in [7, 11) is 1.65. The molecule has 4 heteroatoms. The molecule has 2 aromatic carbocycles. The van der Waals surface area contributed by atoms with Gasteiger partial charge in [-0.2, -0.15) is 0 Å². The molecule has 0 saturated carbocycles. The Bertz CT molecular complexity index is 677. The van der Waals surface area contributed by atoms with Crippen molar-refractivity contribution >= 4 is 0 Å². The molecular formula is C15H13N3O. The van der Waals surface area contributed by atoms with E-state index in [9.17, 15) is 0 Å². The van der Waals surface area contributed by atoms with Gasteiger partial charge in [0.2, 0.25) is 0 Å². The number of ether oxygens (including phenoxy) is 1. The Balaban J connectivity index is 1.97. The summed E-state index contributed by atoms with van der Waals surface area (Å²) in [5.41, 5.74) is 1.93. The molecule has 3 aromatic rings. The highest BCUT2D eigenvalue weighted by Gasteiger charge is 2.05. The zero-order valence-electron chi connectivity index (χ0n) is 10.5. The first-order valence-electron chi connectivity index (χ1n) is 5.98. The molecule has 0 amide bonds. The van der Waals surface area contributed by atoms with E-state index in [2.05, 4.69) is 10.1 Å². The quantitative estimate of drug-likeness (QED) is 0.718. The van der Waals surface area contributed by atoms with Crippen LogP contribution in [-0.2, 0) is 0 Å². The summed E-state index contributed by atoms with van der Waals surface area (Å²) in [6.07, 6.45) is 1.71. The van der Waals surface area contributed by atoms with Gasteiger partial charge in [0.25, 0.3) is 0 Å². The minimum Gasteiger partial charge on any atom is -0.497 e. The van der Waals surface area contributed by atoms with Gasteiger partial charge in [0.15, 0.2) is 5.82 Å². The summed E-state index contributed by atoms with van der Waals surface area (Å²) in [4.78, 5) is 4.33. The highest BCUT2D eigenvalue weighted by molar-refractivity contribution is 5.54. The van der Waals surface area contributed by atoms with Crippen LogP contribution in [0.15, 0.2) is 60.9 Å². The molecule has 0 spiro atoms. The normalized spacial score (nSPS) is 10.4. The van der Waals surface area contributed by atoms with E-state index in [0.29, 0.717) is 5.82 Å². The first-order valence-corrected chi connectivity index (χ1v) is 5.98. The van der Waals surface area contributed by atoms with Crippen molar-refractivity contribution in [3.63, 3.8) is 0 Å². The van der Waals surface area contributed by atoms with Crippen LogP contribution in [0.4, 0.5) is 0 Å². The van der Waals surface area contributed by atoms with Crippen LogP contribution < -0.4 is 4.74 Å². The van der Waals surface area contributed by atoms with E-state index in [4.69, 9.17) is 4.74 Å². The second-order valence-corrected chi connectivity index (χ2v) is 4.08. The average Bonchev–Trinajstić information content (AvgIpc) is 2.98. The minimum atomic E-state index is 0.711. The first-order chi connectivity index (χ1) is 9.36. The van der Waals surface area contributed by atoms with Crippen molar-refractivity contribution in [3.05, 3.63) is 60.9 Å². The van der Waals surface area contributed by atoms with Crippen molar-refractivity contribution in [2.75, 3.05) is 7.11 Å². The Hall–Kier alpha value is -2.62. The maximum absolute atomic E-state index is 5.21. The maximum atomic E-state index is 5.21. The van der Waals surface area contributed by atoms with Gasteiger partial charge in [-0.3, -0.25) is 0 Å². The van der Waals surface area contributed by atoms with Crippen LogP contribution in [0.2, 0.25) is 0 Å². The zero-order valence-corrected chi connectivity index (χ0v) is 10.5. The van der Waals surface area contributed by atoms with Crippen molar-refractivity contribution in [3.8, 4) is 22.8 Å². The lowest BCUT2D eigenvalue weighted by atomic mass is 10.2. The second kappa shape index (κ2) is 4.94. The van der Waals surface area contributed by atoms with Gasteiger partial charge in [-0.15, -0.1) is 5.10 Å². The molecule has 0 radical (unpaired) electrons. The Labute approximate surface area is 111 Å². The molecule has 0 N–H and O–H groups in total. The molecule has 0 aliphatic heterocycles. The molecule has 1 heterocycles. The molecule has 0 aliphatic rings. The molecule has 94 valence electrons. The van der Waals surface area contributed by atoms with Crippen LogP contribution >= 0.6 is 0 Å². The van der Waals surface area contributed by atoms with Gasteiger partial charge in [-0.1, -0.05) is 36.4 Å². The second-order valence-electron chi connectivity index (χ2n) is 4.08. The molecule has 0 saturated heterocycles. The lowest BCUT2D eigenvalue weighted by Gasteiger charge is -2.03. The van der Waals surface area contributed by atoms with E-state index in [1.807, 2.05) is 54.6 Å². The summed E-state index contributed by atoms with van der Waals surface area (Å²) in [6, 6.07) is 17.6. The van der Waals surface area contributed by atoms with Gasteiger partial charge in [0.1, 0.15) is 12.1 Å². The van der Waals surface area contributed by atoms with E-state index in [0.717, 1.165) is 17.0 Å². The monoisotopic (exact) mass is 251 g/mol. The molecule has 0 fully saturated rings. The fourth-order valence-corrected chi connectivity index (χ4v) is 1.86. The maximum Gasteiger partial charge on any atom is 0.181 e. The Morgan fingerprint density at radius 2 is 1.84 bits per heavy atom. The number of benzene rings is 2. The van der Waals surface area contributed by atoms with Crippen LogP contribution in [-0.4, -0.2) is 21.9 Å². The smallest absolute Gasteiger partial charge is 0.181 e. The fraction of sp³-hybridized carbons (Fsp3) is 0.0667. The van der Waals surface area contributed by atoms with E-state index >= 15 is 0 Å². The minimum absolute atomic E-state index is 0.711. The summed E-state index contributed by atoms with van der Waals surface area (Å²) >= 11 is 0. The van der Waals surface area contributed by atoms with Crippen LogP contribution in [0, 0.1) is 0 Å². The van der Waals surface area contributed by atoms with Crippen LogP contribution in [0.1, 0.15) is 0 Å². The lowest BCUT2D eigenvalue weighted by molar-refractivity contribution is 0.414. The van der Waals surface area contributed by atoms with E-state index in [1.54, 1.807) is 18.1 Å². The Morgan fingerprint density at radius 1 is 1.00 bits per heavy atom. The summed E-state index contributed by atoms with van der Waals surface area (Å²) in [5, 5.41) is 4.48. The van der Waals surface area contributed by atoms with Crippen LogP contribution in [0.5, 0.6) is 5.75 Å². The molecule has 3 rings (SSSR count). The average molecular weight is 251 g/mol. The highest BCUT2D eigenvalue weighted by Crippen LogP contribution is 2.18. The van der Waals surface area contributed by atoms with Gasteiger partial charge in [-0.25, -0.2) is 9.67 Å². The van der Waals surface area contributed by atoms with E-state index in [1.165, 1.54) is 0 Å². The molecule has 0 bridgehead atoms. The number of hydrogen-bond acceptors (Lipinski definition) is 3. The number of aromatic nitrogens is 3. The third-order valence-electron chi connectivity index (χ3n) is 2.84. The molecule has 4 nitrogen and oxygen atoms in total.